The summed E-state index contributed by atoms with van der Waals surface area (Å²) in [6, 6.07) is 0. The second-order valence-corrected chi connectivity index (χ2v) is 13.3. The van der Waals surface area contributed by atoms with Crippen molar-refractivity contribution in [3.05, 3.63) is 12.2 Å². The zero-order chi connectivity index (χ0) is 23.3. The molecule has 0 amide bonds. The van der Waals surface area contributed by atoms with Crippen molar-refractivity contribution in [2.24, 2.45) is 17.3 Å². The van der Waals surface area contributed by atoms with E-state index in [1.165, 1.54) is 38.5 Å². The summed E-state index contributed by atoms with van der Waals surface area (Å²) in [6.45, 7) is 14.6. The Hall–Kier alpha value is -0.653. The second-order valence-electron chi connectivity index (χ2n) is 10.9. The third kappa shape index (κ3) is 12.8. The first-order valence-corrected chi connectivity index (χ1v) is 15.5. The van der Waals surface area contributed by atoms with Gasteiger partial charge in [0.2, 0.25) is 0 Å². The fourth-order valence-corrected chi connectivity index (χ4v) is 5.25. The Bertz CT molecular complexity index is 526. The summed E-state index contributed by atoms with van der Waals surface area (Å²) in [7, 11) is -0.854. The minimum atomic E-state index is -0.904. The number of aliphatic hydroxyl groups is 1. The highest BCUT2D eigenvalue weighted by molar-refractivity contribution is 6.48. The van der Waals surface area contributed by atoms with Gasteiger partial charge in [-0.3, -0.25) is 4.79 Å². The Kier molecular flexibility index (Phi) is 13.3. The third-order valence-corrected chi connectivity index (χ3v) is 7.38. The molecule has 31 heavy (non-hydrogen) atoms. The van der Waals surface area contributed by atoms with Crippen LogP contribution in [0.2, 0.25) is 13.1 Å². The maximum Gasteiger partial charge on any atom is 0.308 e. The molecule has 0 aromatic heterocycles. The van der Waals surface area contributed by atoms with Gasteiger partial charge in [0.15, 0.2) is 9.04 Å². The van der Waals surface area contributed by atoms with Crippen molar-refractivity contribution in [3.8, 4) is 0 Å². The highest BCUT2D eigenvalue weighted by Crippen LogP contribution is 2.37. The molecule has 1 N–H and O–H groups in total. The van der Waals surface area contributed by atoms with Crippen LogP contribution < -0.4 is 0 Å². The summed E-state index contributed by atoms with van der Waals surface area (Å²) < 4.78 is 10.8. The summed E-state index contributed by atoms with van der Waals surface area (Å²) in [4.78, 5) is 11.9. The lowest BCUT2D eigenvalue weighted by molar-refractivity contribution is -0.150. The fraction of sp³-hybridized carbons (Fsp3) is 0.885. The number of ether oxygens (including phenoxy) is 1. The number of rotatable bonds is 14. The zero-order valence-corrected chi connectivity index (χ0v) is 22.4. The molecule has 1 aliphatic carbocycles. The summed E-state index contributed by atoms with van der Waals surface area (Å²) in [6.07, 6.45) is 15.8. The van der Waals surface area contributed by atoms with Gasteiger partial charge >= 0.3 is 5.97 Å². The quantitative estimate of drug-likeness (QED) is 0.142. The molecule has 1 fully saturated rings. The highest BCUT2D eigenvalue weighted by atomic mass is 28.3. The second kappa shape index (κ2) is 14.5. The van der Waals surface area contributed by atoms with Crippen LogP contribution in [0.3, 0.4) is 0 Å². The molecule has 1 saturated carbocycles. The SMILES string of the molecule is CCOC(=O)CC1(O)CCCC(C=CC(CCCCCCCO[SiH](C)C)C(C)(C)C)C1. The van der Waals surface area contributed by atoms with Gasteiger partial charge in [0.25, 0.3) is 0 Å². The standard InChI is InChI=1S/C26H50O4Si/c1-7-29-24(27)21-26(28)18-13-14-22(20-26)16-17-23(25(2,3)4)15-11-9-8-10-12-19-30-31(5)6/h16-17,22-23,28,31H,7-15,18-21H2,1-6H3. The molecule has 0 heterocycles. The average Bonchev–Trinajstić information content (AvgIpc) is 2.64. The van der Waals surface area contributed by atoms with E-state index in [2.05, 4.69) is 46.0 Å². The molecular weight excluding hydrogens is 404 g/mol. The van der Waals surface area contributed by atoms with Crippen molar-refractivity contribution in [1.82, 2.24) is 0 Å². The molecule has 1 aliphatic rings. The van der Waals surface area contributed by atoms with E-state index in [4.69, 9.17) is 9.16 Å². The van der Waals surface area contributed by atoms with Crippen LogP contribution in [0.4, 0.5) is 0 Å². The van der Waals surface area contributed by atoms with Crippen LogP contribution in [-0.2, 0) is 14.0 Å². The lowest BCUT2D eigenvalue weighted by Gasteiger charge is -2.35. The molecule has 0 aromatic carbocycles. The molecule has 5 heteroatoms. The van der Waals surface area contributed by atoms with Gasteiger partial charge in [-0.05, 0) is 75.8 Å². The Morgan fingerprint density at radius 2 is 1.87 bits per heavy atom. The van der Waals surface area contributed by atoms with Crippen LogP contribution in [0.15, 0.2) is 12.2 Å². The fourth-order valence-electron chi connectivity index (χ4n) is 4.62. The van der Waals surface area contributed by atoms with E-state index in [0.717, 1.165) is 19.4 Å². The molecule has 0 spiro atoms. The van der Waals surface area contributed by atoms with Crippen molar-refractivity contribution < 1.29 is 19.1 Å². The normalized spacial score (nSPS) is 23.4. The number of hydrogen-bond acceptors (Lipinski definition) is 4. The van der Waals surface area contributed by atoms with Gasteiger partial charge in [-0.2, -0.15) is 0 Å². The molecule has 0 radical (unpaired) electrons. The van der Waals surface area contributed by atoms with Crippen molar-refractivity contribution >= 4 is 15.0 Å². The number of carbonyl (C=O) groups is 1. The van der Waals surface area contributed by atoms with Gasteiger partial charge in [0.1, 0.15) is 0 Å². The smallest absolute Gasteiger partial charge is 0.308 e. The number of unbranched alkanes of at least 4 members (excludes halogenated alkanes) is 4. The maximum atomic E-state index is 11.9. The van der Waals surface area contributed by atoms with Gasteiger partial charge in [-0.1, -0.05) is 58.6 Å². The molecule has 1 rings (SSSR count). The van der Waals surface area contributed by atoms with Gasteiger partial charge in [0, 0.05) is 6.61 Å². The highest BCUT2D eigenvalue weighted by Gasteiger charge is 2.36. The Morgan fingerprint density at radius 3 is 2.52 bits per heavy atom. The number of allylic oxidation sites excluding steroid dienone is 2. The molecule has 4 nitrogen and oxygen atoms in total. The summed E-state index contributed by atoms with van der Waals surface area (Å²) in [5.74, 6) is 0.616. The van der Waals surface area contributed by atoms with Crippen LogP contribution in [0, 0.1) is 17.3 Å². The van der Waals surface area contributed by atoms with E-state index in [0.29, 0.717) is 31.3 Å². The van der Waals surface area contributed by atoms with Crippen LogP contribution in [0.1, 0.15) is 98.3 Å². The third-order valence-electron chi connectivity index (χ3n) is 6.48. The number of hydrogen-bond donors (Lipinski definition) is 1. The summed E-state index contributed by atoms with van der Waals surface area (Å²) in [5, 5.41) is 10.9. The summed E-state index contributed by atoms with van der Waals surface area (Å²) >= 11 is 0. The van der Waals surface area contributed by atoms with Crippen molar-refractivity contribution in [3.63, 3.8) is 0 Å². The van der Waals surface area contributed by atoms with E-state index in [1.54, 1.807) is 0 Å². The van der Waals surface area contributed by atoms with Crippen molar-refractivity contribution in [2.45, 2.75) is 117 Å². The first-order chi connectivity index (χ1) is 14.6. The van der Waals surface area contributed by atoms with Crippen LogP contribution >= 0.6 is 0 Å². The Morgan fingerprint density at radius 1 is 1.19 bits per heavy atom. The zero-order valence-electron chi connectivity index (χ0n) is 21.3. The summed E-state index contributed by atoms with van der Waals surface area (Å²) in [5.41, 5.74) is -0.666. The van der Waals surface area contributed by atoms with E-state index in [1.807, 2.05) is 6.92 Å². The van der Waals surface area contributed by atoms with E-state index >= 15 is 0 Å². The molecule has 3 unspecified atom stereocenters. The average molecular weight is 455 g/mol. The minimum absolute atomic E-state index is 0.123. The topological polar surface area (TPSA) is 55.8 Å². The molecule has 0 saturated heterocycles. The predicted octanol–water partition coefficient (Wildman–Crippen LogP) is 6.42. The molecular formula is C26H50O4Si. The number of carbonyl (C=O) groups excluding carboxylic acids is 1. The van der Waals surface area contributed by atoms with Gasteiger partial charge in [-0.15, -0.1) is 0 Å². The van der Waals surface area contributed by atoms with Crippen LogP contribution in [-0.4, -0.2) is 38.9 Å². The lowest BCUT2D eigenvalue weighted by Crippen LogP contribution is -2.37. The van der Waals surface area contributed by atoms with E-state index in [9.17, 15) is 9.90 Å². The first kappa shape index (κ1) is 28.4. The molecule has 0 aliphatic heterocycles. The van der Waals surface area contributed by atoms with Crippen molar-refractivity contribution in [2.75, 3.05) is 13.2 Å². The Labute approximate surface area is 193 Å². The first-order valence-electron chi connectivity index (χ1n) is 12.7. The molecule has 182 valence electrons. The van der Waals surface area contributed by atoms with Gasteiger partial charge in [-0.25, -0.2) is 0 Å². The van der Waals surface area contributed by atoms with Crippen LogP contribution in [0.25, 0.3) is 0 Å². The van der Waals surface area contributed by atoms with Gasteiger partial charge < -0.3 is 14.3 Å². The Balaban J connectivity index is 2.45. The lowest BCUT2D eigenvalue weighted by atomic mass is 9.74. The van der Waals surface area contributed by atoms with Crippen LogP contribution in [0.5, 0.6) is 0 Å². The van der Waals surface area contributed by atoms with Crippen molar-refractivity contribution in [1.29, 1.82) is 0 Å². The molecule has 0 aromatic rings. The minimum Gasteiger partial charge on any atom is -0.466 e. The largest absolute Gasteiger partial charge is 0.466 e. The van der Waals surface area contributed by atoms with E-state index < -0.39 is 14.6 Å². The molecule has 3 atom stereocenters. The molecule has 0 bridgehead atoms. The number of esters is 1. The van der Waals surface area contributed by atoms with E-state index in [-0.39, 0.29) is 17.8 Å². The predicted molar refractivity (Wildman–Crippen MR) is 133 cm³/mol. The monoisotopic (exact) mass is 454 g/mol. The maximum absolute atomic E-state index is 11.9. The van der Waals surface area contributed by atoms with Gasteiger partial charge in [0.05, 0.1) is 18.6 Å².